The molecule has 2 rings (SSSR count). The maximum Gasteiger partial charge on any atom is 0.411 e. The van der Waals surface area contributed by atoms with Gasteiger partial charge in [-0.1, -0.05) is 12.6 Å². The summed E-state index contributed by atoms with van der Waals surface area (Å²) < 4.78 is 16.2. The minimum absolute atomic E-state index is 0.0287. The van der Waals surface area contributed by atoms with E-state index >= 15 is 0 Å². The van der Waals surface area contributed by atoms with Crippen molar-refractivity contribution >= 4 is 23.2 Å². The Labute approximate surface area is 190 Å². The SMILES string of the molecule is C=C(c1ccc(OC)c(NC(=O)OCC)c1)N(CC)c1cc(OC(C)C)ccc1CC#N. The fourth-order valence-electron chi connectivity index (χ4n) is 3.30. The average molecular weight is 438 g/mol. The van der Waals surface area contributed by atoms with Crippen LogP contribution in [-0.2, 0) is 11.2 Å². The summed E-state index contributed by atoms with van der Waals surface area (Å²) in [6, 6.07) is 13.4. The number of benzene rings is 2. The number of carbonyl (C=O) groups excluding carboxylic acids is 1. The largest absolute Gasteiger partial charge is 0.495 e. The average Bonchev–Trinajstić information content (AvgIpc) is 2.75. The number of nitrogens with zero attached hydrogens (tertiary/aromatic N) is 2. The monoisotopic (exact) mass is 437 g/mol. The molecule has 7 nitrogen and oxygen atoms in total. The number of ether oxygens (including phenoxy) is 3. The highest BCUT2D eigenvalue weighted by Crippen LogP contribution is 2.35. The molecule has 2 aromatic carbocycles. The predicted molar refractivity (Wildman–Crippen MR) is 127 cm³/mol. The number of hydrogen-bond acceptors (Lipinski definition) is 6. The maximum atomic E-state index is 11.9. The number of carbonyl (C=O) groups is 1. The first-order valence-electron chi connectivity index (χ1n) is 10.6. The van der Waals surface area contributed by atoms with Gasteiger partial charge in [-0.05, 0) is 63.1 Å². The summed E-state index contributed by atoms with van der Waals surface area (Å²) in [7, 11) is 1.53. The molecule has 0 fully saturated rings. The summed E-state index contributed by atoms with van der Waals surface area (Å²) in [5.41, 5.74) is 3.72. The molecule has 32 heavy (non-hydrogen) atoms. The number of amides is 1. The highest BCUT2D eigenvalue weighted by Gasteiger charge is 2.18. The van der Waals surface area contributed by atoms with Crippen LogP contribution in [0.4, 0.5) is 16.2 Å². The van der Waals surface area contributed by atoms with Crippen LogP contribution in [0, 0.1) is 11.3 Å². The maximum absolute atomic E-state index is 11.9. The Morgan fingerprint density at radius 2 is 1.97 bits per heavy atom. The van der Waals surface area contributed by atoms with Gasteiger partial charge in [0.25, 0.3) is 0 Å². The molecule has 0 radical (unpaired) electrons. The third kappa shape index (κ3) is 6.17. The molecule has 0 aliphatic rings. The van der Waals surface area contributed by atoms with E-state index in [1.54, 1.807) is 19.1 Å². The van der Waals surface area contributed by atoms with Crippen LogP contribution < -0.4 is 19.7 Å². The number of nitriles is 1. The second-order valence-corrected chi connectivity index (χ2v) is 7.24. The Hall–Kier alpha value is -3.66. The van der Waals surface area contributed by atoms with Gasteiger partial charge in [-0.15, -0.1) is 0 Å². The van der Waals surface area contributed by atoms with Gasteiger partial charge < -0.3 is 19.1 Å². The van der Waals surface area contributed by atoms with Gasteiger partial charge in [0.2, 0.25) is 0 Å². The third-order valence-electron chi connectivity index (χ3n) is 4.68. The van der Waals surface area contributed by atoms with Crippen molar-refractivity contribution in [3.8, 4) is 17.6 Å². The summed E-state index contributed by atoms with van der Waals surface area (Å²) in [6.45, 7) is 12.9. The van der Waals surface area contributed by atoms with Gasteiger partial charge in [0.15, 0.2) is 0 Å². The molecular formula is C25H31N3O4. The number of methoxy groups -OCH3 is 1. The molecule has 0 unspecified atom stereocenters. The van der Waals surface area contributed by atoms with Gasteiger partial charge in [0, 0.05) is 24.0 Å². The molecule has 0 saturated carbocycles. The first-order chi connectivity index (χ1) is 15.3. The van der Waals surface area contributed by atoms with E-state index in [-0.39, 0.29) is 19.1 Å². The Balaban J connectivity index is 2.46. The zero-order chi connectivity index (χ0) is 23.7. The van der Waals surface area contributed by atoms with Crippen molar-refractivity contribution in [1.29, 1.82) is 5.26 Å². The van der Waals surface area contributed by atoms with Gasteiger partial charge in [-0.25, -0.2) is 4.79 Å². The van der Waals surface area contributed by atoms with Crippen molar-refractivity contribution < 1.29 is 19.0 Å². The fourth-order valence-corrected chi connectivity index (χ4v) is 3.30. The van der Waals surface area contributed by atoms with E-state index in [9.17, 15) is 10.1 Å². The van der Waals surface area contributed by atoms with E-state index < -0.39 is 6.09 Å². The molecule has 1 amide bonds. The van der Waals surface area contributed by atoms with Crippen molar-refractivity contribution in [2.45, 2.75) is 40.2 Å². The molecule has 0 saturated heterocycles. The number of rotatable bonds is 10. The molecule has 0 atom stereocenters. The molecule has 0 aliphatic heterocycles. The van der Waals surface area contributed by atoms with Gasteiger partial charge in [-0.2, -0.15) is 5.26 Å². The van der Waals surface area contributed by atoms with Gasteiger partial charge in [0.1, 0.15) is 11.5 Å². The summed E-state index contributed by atoms with van der Waals surface area (Å²) >= 11 is 0. The van der Waals surface area contributed by atoms with Crippen molar-refractivity contribution in [3.05, 3.63) is 54.1 Å². The molecule has 0 heterocycles. The van der Waals surface area contributed by atoms with Crippen molar-refractivity contribution in [2.75, 3.05) is 30.5 Å². The van der Waals surface area contributed by atoms with Crippen molar-refractivity contribution in [1.82, 2.24) is 0 Å². The lowest BCUT2D eigenvalue weighted by molar-refractivity contribution is 0.168. The van der Waals surface area contributed by atoms with E-state index in [0.29, 0.717) is 23.7 Å². The van der Waals surface area contributed by atoms with Crippen LogP contribution in [-0.4, -0.2) is 32.5 Å². The van der Waals surface area contributed by atoms with Crippen LogP contribution >= 0.6 is 0 Å². The van der Waals surface area contributed by atoms with Crippen molar-refractivity contribution in [3.63, 3.8) is 0 Å². The Kier molecular flexibility index (Phi) is 8.96. The van der Waals surface area contributed by atoms with Gasteiger partial charge >= 0.3 is 6.09 Å². The topological polar surface area (TPSA) is 83.8 Å². The zero-order valence-corrected chi connectivity index (χ0v) is 19.4. The lowest BCUT2D eigenvalue weighted by Crippen LogP contribution is -2.22. The Bertz CT molecular complexity index is 995. The summed E-state index contributed by atoms with van der Waals surface area (Å²) in [4.78, 5) is 14.0. The van der Waals surface area contributed by atoms with E-state index in [1.165, 1.54) is 7.11 Å². The first-order valence-corrected chi connectivity index (χ1v) is 10.6. The van der Waals surface area contributed by atoms with E-state index in [1.807, 2.05) is 49.9 Å². The summed E-state index contributed by atoms with van der Waals surface area (Å²) in [5, 5.41) is 12.0. The van der Waals surface area contributed by atoms with Crippen LogP contribution in [0.15, 0.2) is 43.0 Å². The van der Waals surface area contributed by atoms with Crippen molar-refractivity contribution in [2.24, 2.45) is 0 Å². The third-order valence-corrected chi connectivity index (χ3v) is 4.68. The summed E-state index contributed by atoms with van der Waals surface area (Å²) in [5.74, 6) is 1.23. The lowest BCUT2D eigenvalue weighted by Gasteiger charge is -2.28. The molecule has 7 heteroatoms. The fraction of sp³-hybridized carbons (Fsp3) is 0.360. The smallest absolute Gasteiger partial charge is 0.411 e. The zero-order valence-electron chi connectivity index (χ0n) is 19.4. The minimum atomic E-state index is -0.559. The first kappa shape index (κ1) is 24.6. The molecule has 0 bridgehead atoms. The second-order valence-electron chi connectivity index (χ2n) is 7.24. The van der Waals surface area contributed by atoms with Crippen LogP contribution in [0.2, 0.25) is 0 Å². The number of anilines is 2. The van der Waals surface area contributed by atoms with Crippen LogP contribution in [0.3, 0.4) is 0 Å². The predicted octanol–water partition coefficient (Wildman–Crippen LogP) is 5.61. The van der Waals surface area contributed by atoms with E-state index in [4.69, 9.17) is 14.2 Å². The standard InChI is InChI=1S/C25H31N3O4/c1-7-28(23-16-21(32-17(3)4)11-9-19(23)13-14-26)18(5)20-10-12-24(30-6)22(15-20)27-25(29)31-8-2/h9-12,15-17H,5,7-8,13H2,1-4,6H3,(H,27,29). The second kappa shape index (κ2) is 11.7. The molecule has 0 aromatic heterocycles. The molecular weight excluding hydrogens is 406 g/mol. The molecule has 170 valence electrons. The highest BCUT2D eigenvalue weighted by atomic mass is 16.5. The van der Waals surface area contributed by atoms with Gasteiger partial charge in [-0.3, -0.25) is 5.32 Å². The molecule has 1 N–H and O–H groups in total. The summed E-state index contributed by atoms with van der Waals surface area (Å²) in [6.07, 6.45) is -0.268. The number of hydrogen-bond donors (Lipinski definition) is 1. The Morgan fingerprint density at radius 1 is 1.22 bits per heavy atom. The van der Waals surface area contributed by atoms with Crippen LogP contribution in [0.5, 0.6) is 11.5 Å². The molecule has 2 aromatic rings. The van der Waals surface area contributed by atoms with Gasteiger partial charge in [0.05, 0.1) is 38.0 Å². The highest BCUT2D eigenvalue weighted by molar-refractivity contribution is 5.89. The molecule has 0 spiro atoms. The minimum Gasteiger partial charge on any atom is -0.495 e. The Morgan fingerprint density at radius 3 is 2.56 bits per heavy atom. The number of nitrogens with one attached hydrogen (secondary N) is 1. The van der Waals surface area contributed by atoms with E-state index in [0.717, 1.165) is 22.6 Å². The lowest BCUT2D eigenvalue weighted by atomic mass is 10.1. The van der Waals surface area contributed by atoms with Crippen LogP contribution in [0.25, 0.3) is 5.70 Å². The quantitative estimate of drug-likeness (QED) is 0.520. The van der Waals surface area contributed by atoms with Crippen LogP contribution in [0.1, 0.15) is 38.8 Å². The van der Waals surface area contributed by atoms with E-state index in [2.05, 4.69) is 18.0 Å². The molecule has 0 aliphatic carbocycles. The normalized spacial score (nSPS) is 10.3.